The molecule has 0 bridgehead atoms. The second kappa shape index (κ2) is 4.27. The maximum Gasteiger partial charge on any atom is 0.0497 e. The van der Waals surface area contributed by atoms with Crippen LogP contribution in [0.4, 0.5) is 0 Å². The lowest BCUT2D eigenvalue weighted by atomic mass is 9.99. The Kier molecular flexibility index (Phi) is 3.30. The van der Waals surface area contributed by atoms with Crippen LogP contribution in [0, 0.1) is 0 Å². The fourth-order valence-electron chi connectivity index (χ4n) is 1.22. The Balaban J connectivity index is 2.86. The van der Waals surface area contributed by atoms with Crippen molar-refractivity contribution in [2.24, 2.45) is 0 Å². The first-order chi connectivity index (χ1) is 5.77. The minimum absolute atomic E-state index is 0.229. The number of aliphatic hydroxyl groups is 1. The first kappa shape index (κ1) is 9.27. The van der Waals surface area contributed by atoms with E-state index in [1.54, 1.807) is 0 Å². The molecule has 0 aromatic heterocycles. The van der Waals surface area contributed by atoms with Crippen LogP contribution >= 0.6 is 0 Å². The molecule has 66 valence electrons. The first-order valence-electron chi connectivity index (χ1n) is 4.47. The van der Waals surface area contributed by atoms with Crippen molar-refractivity contribution in [1.82, 2.24) is 0 Å². The second-order valence-electron chi connectivity index (χ2n) is 3.18. The number of aryl methyl sites for hydroxylation is 1. The van der Waals surface area contributed by atoms with Gasteiger partial charge in [0.1, 0.15) is 0 Å². The smallest absolute Gasteiger partial charge is 0.0497 e. The summed E-state index contributed by atoms with van der Waals surface area (Å²) < 4.78 is 0. The van der Waals surface area contributed by atoms with Gasteiger partial charge in [0.2, 0.25) is 0 Å². The molecule has 0 heterocycles. The maximum atomic E-state index is 8.95. The van der Waals surface area contributed by atoms with E-state index in [9.17, 15) is 0 Å². The third kappa shape index (κ3) is 2.08. The molecule has 0 aliphatic carbocycles. The normalized spacial score (nSPS) is 12.9. The lowest BCUT2D eigenvalue weighted by molar-refractivity contribution is 0.273. The standard InChI is InChI=1S/C11H16O/c1-3-10-5-4-6-11(7-10)9(2)8-12/h4-7,9,12H,3,8H2,1-2H3/t9-/m1/s1. The van der Waals surface area contributed by atoms with Crippen LogP contribution in [-0.2, 0) is 6.42 Å². The molecule has 1 rings (SSSR count). The number of aliphatic hydroxyl groups excluding tert-OH is 1. The predicted molar refractivity (Wildman–Crippen MR) is 51.3 cm³/mol. The highest BCUT2D eigenvalue weighted by atomic mass is 16.3. The van der Waals surface area contributed by atoms with Gasteiger partial charge in [0, 0.05) is 12.5 Å². The molecular weight excluding hydrogens is 148 g/mol. The summed E-state index contributed by atoms with van der Waals surface area (Å²) in [4.78, 5) is 0. The van der Waals surface area contributed by atoms with Crippen LogP contribution in [0.3, 0.4) is 0 Å². The van der Waals surface area contributed by atoms with E-state index >= 15 is 0 Å². The van der Waals surface area contributed by atoms with Crippen molar-refractivity contribution in [3.05, 3.63) is 35.4 Å². The van der Waals surface area contributed by atoms with E-state index in [-0.39, 0.29) is 12.5 Å². The molecule has 12 heavy (non-hydrogen) atoms. The van der Waals surface area contributed by atoms with E-state index in [0.717, 1.165) is 6.42 Å². The predicted octanol–water partition coefficient (Wildman–Crippen LogP) is 2.34. The molecule has 0 aliphatic heterocycles. The van der Waals surface area contributed by atoms with Crippen LogP contribution in [0.15, 0.2) is 24.3 Å². The average molecular weight is 164 g/mol. The number of hydrogen-bond acceptors (Lipinski definition) is 1. The van der Waals surface area contributed by atoms with E-state index in [2.05, 4.69) is 31.2 Å². The summed E-state index contributed by atoms with van der Waals surface area (Å²) in [6.45, 7) is 4.41. The quantitative estimate of drug-likeness (QED) is 0.727. The Morgan fingerprint density at radius 2 is 2.17 bits per heavy atom. The van der Waals surface area contributed by atoms with Crippen LogP contribution in [0.1, 0.15) is 30.9 Å². The summed E-state index contributed by atoms with van der Waals surface area (Å²) in [5.41, 5.74) is 2.57. The first-order valence-corrected chi connectivity index (χ1v) is 4.47. The SMILES string of the molecule is CCc1cccc([C@H](C)CO)c1. The van der Waals surface area contributed by atoms with Gasteiger partial charge in [0.15, 0.2) is 0 Å². The average Bonchev–Trinajstić information content (AvgIpc) is 2.17. The number of rotatable bonds is 3. The van der Waals surface area contributed by atoms with Gasteiger partial charge in [0.25, 0.3) is 0 Å². The number of hydrogen-bond donors (Lipinski definition) is 1. The maximum absolute atomic E-state index is 8.95. The highest BCUT2D eigenvalue weighted by Gasteiger charge is 2.02. The van der Waals surface area contributed by atoms with E-state index < -0.39 is 0 Å². The highest BCUT2D eigenvalue weighted by Crippen LogP contribution is 2.15. The van der Waals surface area contributed by atoms with E-state index in [1.165, 1.54) is 11.1 Å². The molecule has 0 spiro atoms. The Morgan fingerprint density at radius 1 is 1.42 bits per heavy atom. The minimum Gasteiger partial charge on any atom is -0.396 e. The van der Waals surface area contributed by atoms with Gasteiger partial charge >= 0.3 is 0 Å². The van der Waals surface area contributed by atoms with Gasteiger partial charge in [0.05, 0.1) is 0 Å². The van der Waals surface area contributed by atoms with Crippen molar-refractivity contribution in [2.45, 2.75) is 26.2 Å². The number of benzene rings is 1. The minimum atomic E-state index is 0.229. The molecule has 1 nitrogen and oxygen atoms in total. The molecule has 1 aromatic rings. The topological polar surface area (TPSA) is 20.2 Å². The highest BCUT2D eigenvalue weighted by molar-refractivity contribution is 5.25. The molecule has 1 heteroatoms. The third-order valence-electron chi connectivity index (χ3n) is 2.20. The van der Waals surface area contributed by atoms with Gasteiger partial charge in [-0.3, -0.25) is 0 Å². The summed E-state index contributed by atoms with van der Waals surface area (Å²) >= 11 is 0. The summed E-state index contributed by atoms with van der Waals surface area (Å²) in [6, 6.07) is 8.41. The van der Waals surface area contributed by atoms with Gasteiger partial charge in [-0.25, -0.2) is 0 Å². The van der Waals surface area contributed by atoms with Crippen molar-refractivity contribution in [1.29, 1.82) is 0 Å². The van der Waals surface area contributed by atoms with Crippen LogP contribution in [0.2, 0.25) is 0 Å². The molecule has 0 fully saturated rings. The largest absolute Gasteiger partial charge is 0.396 e. The third-order valence-corrected chi connectivity index (χ3v) is 2.20. The monoisotopic (exact) mass is 164 g/mol. The Hall–Kier alpha value is -0.820. The van der Waals surface area contributed by atoms with Gasteiger partial charge in [-0.1, -0.05) is 38.1 Å². The molecule has 1 aromatic carbocycles. The van der Waals surface area contributed by atoms with Crippen molar-refractivity contribution in [3.8, 4) is 0 Å². The zero-order valence-electron chi connectivity index (χ0n) is 7.75. The molecule has 1 atom stereocenters. The molecule has 0 aliphatic rings. The Bertz CT molecular complexity index is 243. The fourth-order valence-corrected chi connectivity index (χ4v) is 1.22. The second-order valence-corrected chi connectivity index (χ2v) is 3.18. The van der Waals surface area contributed by atoms with Crippen molar-refractivity contribution in [2.75, 3.05) is 6.61 Å². The molecular formula is C11H16O. The van der Waals surface area contributed by atoms with Crippen LogP contribution in [-0.4, -0.2) is 11.7 Å². The van der Waals surface area contributed by atoms with Crippen LogP contribution < -0.4 is 0 Å². The zero-order chi connectivity index (χ0) is 8.97. The summed E-state index contributed by atoms with van der Waals surface area (Å²) in [6.07, 6.45) is 1.06. The van der Waals surface area contributed by atoms with Gasteiger partial charge in [-0.05, 0) is 17.5 Å². The molecule has 0 radical (unpaired) electrons. The van der Waals surface area contributed by atoms with Gasteiger partial charge in [-0.2, -0.15) is 0 Å². The van der Waals surface area contributed by atoms with Crippen molar-refractivity contribution < 1.29 is 5.11 Å². The zero-order valence-corrected chi connectivity index (χ0v) is 7.75. The van der Waals surface area contributed by atoms with E-state index in [1.807, 2.05) is 6.92 Å². The van der Waals surface area contributed by atoms with Crippen molar-refractivity contribution in [3.63, 3.8) is 0 Å². The van der Waals surface area contributed by atoms with Gasteiger partial charge < -0.3 is 5.11 Å². The van der Waals surface area contributed by atoms with Crippen molar-refractivity contribution >= 4 is 0 Å². The summed E-state index contributed by atoms with van der Waals surface area (Å²) in [5.74, 6) is 0.261. The van der Waals surface area contributed by atoms with E-state index in [0.29, 0.717) is 0 Å². The fraction of sp³-hybridized carbons (Fsp3) is 0.455. The van der Waals surface area contributed by atoms with E-state index in [4.69, 9.17) is 5.11 Å². The lowest BCUT2D eigenvalue weighted by Gasteiger charge is -2.08. The molecule has 1 N–H and O–H groups in total. The molecule has 0 saturated carbocycles. The summed E-state index contributed by atoms with van der Waals surface area (Å²) in [7, 11) is 0. The lowest BCUT2D eigenvalue weighted by Crippen LogP contribution is -1.99. The van der Waals surface area contributed by atoms with Crippen LogP contribution in [0.25, 0.3) is 0 Å². The molecule has 0 unspecified atom stereocenters. The van der Waals surface area contributed by atoms with Crippen LogP contribution in [0.5, 0.6) is 0 Å². The molecule has 0 saturated heterocycles. The summed E-state index contributed by atoms with van der Waals surface area (Å²) in [5, 5.41) is 8.95. The van der Waals surface area contributed by atoms with Gasteiger partial charge in [-0.15, -0.1) is 0 Å². The Morgan fingerprint density at radius 3 is 2.75 bits per heavy atom. The molecule has 0 amide bonds. The Labute approximate surface area is 74.1 Å².